The number of nitrogens with zero attached hydrogens (tertiary/aromatic N) is 3. The minimum Gasteiger partial charge on any atom is -0.372 e. The van der Waals surface area contributed by atoms with Gasteiger partial charge in [0.05, 0.1) is 21.9 Å². The highest BCUT2D eigenvalue weighted by Crippen LogP contribution is 2.27. The number of carbonyl (C=O) groups is 1. The Balaban J connectivity index is 1.53. The van der Waals surface area contributed by atoms with E-state index in [1.54, 1.807) is 6.92 Å². The molecule has 2 N–H and O–H groups in total. The number of amides is 1. The highest BCUT2D eigenvalue weighted by Gasteiger charge is 2.28. The fraction of sp³-hybridized carbons (Fsp3) is 0.273. The number of piperidine rings is 1. The zero-order chi connectivity index (χ0) is 21.3. The molecule has 7 nitrogen and oxygen atoms in total. The second-order valence-electron chi connectivity index (χ2n) is 7.54. The average molecular weight is 425 g/mol. The molecule has 0 atom stereocenters. The summed E-state index contributed by atoms with van der Waals surface area (Å²) in [5.74, 6) is -0.254. The van der Waals surface area contributed by atoms with Crippen LogP contribution in [0.15, 0.2) is 64.1 Å². The molecule has 1 amide bonds. The van der Waals surface area contributed by atoms with E-state index in [0.717, 1.165) is 18.7 Å². The Morgan fingerprint density at radius 3 is 2.13 bits per heavy atom. The molecule has 0 saturated carbocycles. The lowest BCUT2D eigenvalue weighted by molar-refractivity contribution is -0.114. The molecule has 2 aromatic rings. The van der Waals surface area contributed by atoms with Gasteiger partial charge in [0.25, 0.3) is 5.91 Å². The van der Waals surface area contributed by atoms with Crippen molar-refractivity contribution in [3.8, 4) is 0 Å². The molecule has 1 fully saturated rings. The Morgan fingerprint density at radius 2 is 1.53 bits per heavy atom. The predicted octanol–water partition coefficient (Wildman–Crippen LogP) is 3.13. The van der Waals surface area contributed by atoms with Gasteiger partial charge in [0.1, 0.15) is 0 Å². The van der Waals surface area contributed by atoms with Crippen LogP contribution in [-0.4, -0.2) is 33.1 Å². The third-order valence-electron chi connectivity index (χ3n) is 5.40. The molecular weight excluding hydrogens is 400 g/mol. The SMILES string of the molecule is CC1=NN(c2ccc(S(N)(=O)=O)cc2)C(=O)/C1=C\c1ccc(N2CCCCC2)cc1. The van der Waals surface area contributed by atoms with Gasteiger partial charge in [0.2, 0.25) is 10.0 Å². The van der Waals surface area contributed by atoms with Crippen molar-refractivity contribution < 1.29 is 13.2 Å². The maximum atomic E-state index is 12.9. The Labute approximate surface area is 176 Å². The number of carbonyl (C=O) groups excluding carboxylic acids is 1. The Kier molecular flexibility index (Phi) is 5.44. The van der Waals surface area contributed by atoms with E-state index < -0.39 is 10.0 Å². The standard InChI is InChI=1S/C22H24N4O3S/c1-16-21(15-17-5-7-18(8-6-17)25-13-3-2-4-14-25)22(27)26(24-16)19-9-11-20(12-10-19)30(23,28)29/h5-12,15H,2-4,13-14H2,1H3,(H2,23,28,29)/b21-15-. The first-order chi connectivity index (χ1) is 14.3. The van der Waals surface area contributed by atoms with Crippen LogP contribution < -0.4 is 15.0 Å². The van der Waals surface area contributed by atoms with Gasteiger partial charge in [-0.25, -0.2) is 13.6 Å². The first kappa shape index (κ1) is 20.3. The first-order valence-electron chi connectivity index (χ1n) is 9.92. The second-order valence-corrected chi connectivity index (χ2v) is 9.10. The number of hydrogen-bond donors (Lipinski definition) is 1. The molecule has 0 unspecified atom stereocenters. The quantitative estimate of drug-likeness (QED) is 0.763. The molecule has 30 heavy (non-hydrogen) atoms. The van der Waals surface area contributed by atoms with Crippen LogP contribution in [0.1, 0.15) is 31.7 Å². The fourth-order valence-electron chi connectivity index (χ4n) is 3.74. The molecule has 0 spiro atoms. The topological polar surface area (TPSA) is 96.1 Å². The molecule has 2 aliphatic rings. The van der Waals surface area contributed by atoms with E-state index in [1.165, 1.54) is 54.2 Å². The first-order valence-corrected chi connectivity index (χ1v) is 11.5. The summed E-state index contributed by atoms with van der Waals surface area (Å²) in [6.07, 6.45) is 5.58. The summed E-state index contributed by atoms with van der Waals surface area (Å²) in [6, 6.07) is 14.0. The zero-order valence-corrected chi connectivity index (χ0v) is 17.6. The van der Waals surface area contributed by atoms with Gasteiger partial charge in [0.15, 0.2) is 0 Å². The number of rotatable bonds is 4. The molecule has 0 aromatic heterocycles. The number of benzene rings is 2. The third-order valence-corrected chi connectivity index (χ3v) is 6.33. The van der Waals surface area contributed by atoms with Gasteiger partial charge in [-0.3, -0.25) is 4.79 Å². The highest BCUT2D eigenvalue weighted by molar-refractivity contribution is 7.89. The molecule has 8 heteroatoms. The number of hydrazone groups is 1. The molecule has 1 saturated heterocycles. The van der Waals surface area contributed by atoms with Crippen LogP contribution in [0, 0.1) is 0 Å². The van der Waals surface area contributed by atoms with Crippen molar-refractivity contribution in [2.45, 2.75) is 31.1 Å². The maximum absolute atomic E-state index is 12.9. The van der Waals surface area contributed by atoms with E-state index in [4.69, 9.17) is 5.14 Å². The normalized spacial score (nSPS) is 18.8. The van der Waals surface area contributed by atoms with Crippen molar-refractivity contribution in [1.29, 1.82) is 0 Å². The minimum atomic E-state index is -3.78. The summed E-state index contributed by atoms with van der Waals surface area (Å²) in [7, 11) is -3.78. The Hall–Kier alpha value is -2.97. The summed E-state index contributed by atoms with van der Waals surface area (Å²) >= 11 is 0. The van der Waals surface area contributed by atoms with Crippen molar-refractivity contribution >= 4 is 39.1 Å². The van der Waals surface area contributed by atoms with Crippen molar-refractivity contribution in [1.82, 2.24) is 0 Å². The molecule has 0 bridgehead atoms. The molecule has 2 aromatic carbocycles. The molecule has 4 rings (SSSR count). The van der Waals surface area contributed by atoms with E-state index >= 15 is 0 Å². The lowest BCUT2D eigenvalue weighted by Gasteiger charge is -2.28. The smallest absolute Gasteiger partial charge is 0.280 e. The van der Waals surface area contributed by atoms with Crippen molar-refractivity contribution in [3.63, 3.8) is 0 Å². The summed E-state index contributed by atoms with van der Waals surface area (Å²) in [5.41, 5.74) is 3.74. The van der Waals surface area contributed by atoms with E-state index in [2.05, 4.69) is 22.1 Å². The van der Waals surface area contributed by atoms with Gasteiger partial charge in [-0.2, -0.15) is 10.1 Å². The largest absolute Gasteiger partial charge is 0.372 e. The molecule has 0 radical (unpaired) electrons. The molecule has 2 heterocycles. The van der Waals surface area contributed by atoms with Crippen LogP contribution in [0.2, 0.25) is 0 Å². The number of hydrogen-bond acceptors (Lipinski definition) is 5. The molecule has 2 aliphatic heterocycles. The van der Waals surface area contributed by atoms with E-state index in [-0.39, 0.29) is 10.8 Å². The van der Waals surface area contributed by atoms with Crippen molar-refractivity contribution in [3.05, 3.63) is 59.7 Å². The summed E-state index contributed by atoms with van der Waals surface area (Å²) < 4.78 is 22.8. The summed E-state index contributed by atoms with van der Waals surface area (Å²) in [5, 5.41) is 10.7. The average Bonchev–Trinajstić information content (AvgIpc) is 3.03. The van der Waals surface area contributed by atoms with Crippen LogP contribution in [0.3, 0.4) is 0 Å². The number of nitrogens with two attached hydrogens (primary N) is 1. The monoisotopic (exact) mass is 424 g/mol. The molecular formula is C22H24N4O3S. The van der Waals surface area contributed by atoms with Crippen LogP contribution in [0.5, 0.6) is 0 Å². The van der Waals surface area contributed by atoms with Gasteiger partial charge < -0.3 is 4.90 Å². The van der Waals surface area contributed by atoms with E-state index in [9.17, 15) is 13.2 Å². The lowest BCUT2D eigenvalue weighted by Crippen LogP contribution is -2.29. The van der Waals surface area contributed by atoms with Gasteiger partial charge in [-0.15, -0.1) is 0 Å². The number of sulfonamides is 1. The van der Waals surface area contributed by atoms with Gasteiger partial charge in [-0.05, 0) is 74.2 Å². The van der Waals surface area contributed by atoms with Crippen molar-refractivity contribution in [2.24, 2.45) is 10.2 Å². The van der Waals surface area contributed by atoms with Crippen molar-refractivity contribution in [2.75, 3.05) is 23.0 Å². The summed E-state index contributed by atoms with van der Waals surface area (Å²) in [4.78, 5) is 15.3. The van der Waals surface area contributed by atoms with Crippen LogP contribution in [-0.2, 0) is 14.8 Å². The Bertz CT molecular complexity index is 1110. The van der Waals surface area contributed by atoms with Crippen LogP contribution in [0.25, 0.3) is 6.08 Å². The van der Waals surface area contributed by atoms with E-state index in [1.807, 2.05) is 18.2 Å². The molecule has 0 aliphatic carbocycles. The minimum absolute atomic E-state index is 0.0110. The predicted molar refractivity (Wildman–Crippen MR) is 119 cm³/mol. The summed E-state index contributed by atoms with van der Waals surface area (Å²) in [6.45, 7) is 3.96. The second kappa shape index (κ2) is 8.04. The lowest BCUT2D eigenvalue weighted by atomic mass is 10.1. The number of anilines is 2. The van der Waals surface area contributed by atoms with E-state index in [0.29, 0.717) is 17.0 Å². The van der Waals surface area contributed by atoms with Gasteiger partial charge in [0, 0.05) is 18.8 Å². The highest BCUT2D eigenvalue weighted by atomic mass is 32.2. The zero-order valence-electron chi connectivity index (χ0n) is 16.8. The van der Waals surface area contributed by atoms with Gasteiger partial charge >= 0.3 is 0 Å². The maximum Gasteiger partial charge on any atom is 0.280 e. The van der Waals surface area contributed by atoms with Gasteiger partial charge in [-0.1, -0.05) is 12.1 Å². The fourth-order valence-corrected chi connectivity index (χ4v) is 4.25. The Morgan fingerprint density at radius 1 is 0.933 bits per heavy atom. The molecule has 156 valence electrons. The third kappa shape index (κ3) is 4.15. The van der Waals surface area contributed by atoms with Crippen LogP contribution in [0.4, 0.5) is 11.4 Å². The number of primary sulfonamides is 1. The van der Waals surface area contributed by atoms with Crippen LogP contribution >= 0.6 is 0 Å².